The van der Waals surface area contributed by atoms with Crippen molar-refractivity contribution in [1.29, 1.82) is 0 Å². The van der Waals surface area contributed by atoms with Crippen LogP contribution in [0.3, 0.4) is 0 Å². The summed E-state index contributed by atoms with van der Waals surface area (Å²) in [5.74, 6) is 0.440. The van der Waals surface area contributed by atoms with E-state index in [-0.39, 0.29) is 24.2 Å². The van der Waals surface area contributed by atoms with Crippen molar-refractivity contribution in [2.75, 3.05) is 26.5 Å². The van der Waals surface area contributed by atoms with Crippen molar-refractivity contribution in [2.24, 2.45) is 0 Å². The first-order valence-electron chi connectivity index (χ1n) is 10.6. The molecule has 1 aromatic carbocycles. The number of carbonyl (C=O) groups is 1. The van der Waals surface area contributed by atoms with Crippen molar-refractivity contribution >= 4 is 27.7 Å². The molecule has 1 aromatic rings. The maximum absolute atomic E-state index is 12.3. The van der Waals surface area contributed by atoms with Gasteiger partial charge < -0.3 is 15.0 Å². The van der Waals surface area contributed by atoms with E-state index in [9.17, 15) is 13.2 Å². The van der Waals surface area contributed by atoms with Crippen LogP contribution < -0.4 is 10.0 Å². The number of benzene rings is 1. The van der Waals surface area contributed by atoms with Crippen molar-refractivity contribution in [3.63, 3.8) is 0 Å². The van der Waals surface area contributed by atoms with Gasteiger partial charge in [-0.25, -0.2) is 17.9 Å². The molecular formula is C21H32ClN3O4S. The Bertz CT molecular complexity index is 827. The Morgan fingerprint density at radius 2 is 1.90 bits per heavy atom. The minimum absolute atomic E-state index is 0.107. The second-order valence-corrected chi connectivity index (χ2v) is 10.5. The summed E-state index contributed by atoms with van der Waals surface area (Å²) < 4.78 is 32.5. The molecule has 2 N–H and O–H groups in total. The molecule has 2 aliphatic rings. The summed E-state index contributed by atoms with van der Waals surface area (Å²) in [6.45, 7) is 0.914. The van der Waals surface area contributed by atoms with Gasteiger partial charge in [0.05, 0.1) is 25.0 Å². The van der Waals surface area contributed by atoms with E-state index in [1.807, 2.05) is 18.2 Å². The highest BCUT2D eigenvalue weighted by Gasteiger charge is 2.36. The van der Waals surface area contributed by atoms with Crippen molar-refractivity contribution in [3.05, 3.63) is 34.9 Å². The van der Waals surface area contributed by atoms with Gasteiger partial charge in [0.1, 0.15) is 0 Å². The first-order chi connectivity index (χ1) is 14.3. The number of rotatable bonds is 6. The van der Waals surface area contributed by atoms with Gasteiger partial charge in [-0.3, -0.25) is 0 Å². The van der Waals surface area contributed by atoms with Crippen molar-refractivity contribution < 1.29 is 17.9 Å². The Morgan fingerprint density at radius 1 is 1.20 bits per heavy atom. The third-order valence-electron chi connectivity index (χ3n) is 6.14. The lowest BCUT2D eigenvalue weighted by atomic mass is 9.82. The normalized spacial score (nSPS) is 27.6. The first kappa shape index (κ1) is 23.3. The molecule has 2 atom stereocenters. The fourth-order valence-electron chi connectivity index (χ4n) is 4.65. The number of nitrogens with one attached hydrogen (secondary N) is 2. The zero-order valence-electron chi connectivity index (χ0n) is 17.6. The van der Waals surface area contributed by atoms with Crippen molar-refractivity contribution in [1.82, 2.24) is 14.9 Å². The molecule has 1 aliphatic carbocycles. The minimum Gasteiger partial charge on any atom is -0.376 e. The predicted molar refractivity (Wildman–Crippen MR) is 118 cm³/mol. The van der Waals surface area contributed by atoms with E-state index >= 15 is 0 Å². The number of nitrogens with zero attached hydrogens (tertiary/aromatic N) is 1. The number of urea groups is 1. The fraction of sp³-hybridized carbons (Fsp3) is 0.667. The van der Waals surface area contributed by atoms with Crippen LogP contribution in [-0.2, 0) is 14.8 Å². The smallest absolute Gasteiger partial charge is 0.317 e. The molecule has 1 saturated carbocycles. The molecule has 0 bridgehead atoms. The number of sulfonamides is 1. The third kappa shape index (κ3) is 6.09. The molecule has 0 radical (unpaired) electrons. The summed E-state index contributed by atoms with van der Waals surface area (Å²) in [6, 6.07) is 7.13. The van der Waals surface area contributed by atoms with E-state index < -0.39 is 10.0 Å². The van der Waals surface area contributed by atoms with Crippen LogP contribution >= 0.6 is 11.6 Å². The first-order valence-corrected chi connectivity index (χ1v) is 12.9. The number of halogens is 1. The van der Waals surface area contributed by atoms with Gasteiger partial charge in [0, 0.05) is 24.7 Å². The number of likely N-dealkylation sites (tertiary alicyclic amines) is 1. The monoisotopic (exact) mass is 457 g/mol. The molecule has 3 rings (SSSR count). The van der Waals surface area contributed by atoms with Crippen LogP contribution in [0, 0.1) is 0 Å². The number of amides is 2. The minimum atomic E-state index is -3.37. The van der Waals surface area contributed by atoms with Gasteiger partial charge in [-0.15, -0.1) is 0 Å². The van der Waals surface area contributed by atoms with Gasteiger partial charge in [0.25, 0.3) is 0 Å². The highest BCUT2D eigenvalue weighted by molar-refractivity contribution is 7.88. The number of ether oxygens (including phenoxy) is 1. The van der Waals surface area contributed by atoms with Gasteiger partial charge in [-0.1, -0.05) is 29.8 Å². The van der Waals surface area contributed by atoms with Crippen LogP contribution in [0.2, 0.25) is 5.02 Å². The Labute approximate surface area is 184 Å². The van der Waals surface area contributed by atoms with Gasteiger partial charge in [0.2, 0.25) is 10.0 Å². The van der Waals surface area contributed by atoms with Gasteiger partial charge >= 0.3 is 6.03 Å². The number of hydrogen-bond acceptors (Lipinski definition) is 4. The molecule has 168 valence electrons. The van der Waals surface area contributed by atoms with Gasteiger partial charge in [0.15, 0.2) is 0 Å². The largest absolute Gasteiger partial charge is 0.376 e. The Hall–Kier alpha value is -1.35. The highest BCUT2D eigenvalue weighted by atomic mass is 35.5. The molecule has 0 spiro atoms. The zero-order chi connectivity index (χ0) is 21.7. The summed E-state index contributed by atoms with van der Waals surface area (Å²) in [5.41, 5.74) is 1.20. The van der Waals surface area contributed by atoms with Gasteiger partial charge in [-0.05, 0) is 56.1 Å². The van der Waals surface area contributed by atoms with Gasteiger partial charge in [-0.2, -0.15) is 0 Å². The molecule has 30 heavy (non-hydrogen) atoms. The summed E-state index contributed by atoms with van der Waals surface area (Å²) >= 11 is 6.35. The average Bonchev–Trinajstić information content (AvgIpc) is 2.72. The lowest BCUT2D eigenvalue weighted by molar-refractivity contribution is -0.0172. The lowest BCUT2D eigenvalue weighted by Gasteiger charge is -2.41. The van der Waals surface area contributed by atoms with Crippen LogP contribution in [0.4, 0.5) is 4.79 Å². The van der Waals surface area contributed by atoms with Crippen LogP contribution in [-0.4, -0.2) is 64.0 Å². The van der Waals surface area contributed by atoms with E-state index in [0.29, 0.717) is 25.5 Å². The average molecular weight is 458 g/mol. The molecule has 0 unspecified atom stereocenters. The molecule has 0 aromatic heterocycles. The second-order valence-electron chi connectivity index (χ2n) is 8.28. The second kappa shape index (κ2) is 10.3. The van der Waals surface area contributed by atoms with Crippen molar-refractivity contribution in [3.8, 4) is 0 Å². The summed E-state index contributed by atoms with van der Waals surface area (Å²) in [6.07, 6.45) is 6.55. The maximum Gasteiger partial charge on any atom is 0.317 e. The summed E-state index contributed by atoms with van der Waals surface area (Å²) in [4.78, 5) is 14.0. The molecular weight excluding hydrogens is 426 g/mol. The molecule has 2 fully saturated rings. The molecule has 2 amide bonds. The number of piperidine rings is 1. The third-order valence-corrected chi connectivity index (χ3v) is 7.22. The maximum atomic E-state index is 12.3. The number of hydrogen-bond donors (Lipinski definition) is 2. The SMILES string of the molecule is CNC(=O)N1CCC[C@H](NS(C)(=O)=O)[C@@H]1CO[C@H]1CC[C@@H](c2ccccc2Cl)CC1. The van der Waals surface area contributed by atoms with E-state index in [4.69, 9.17) is 16.3 Å². The molecule has 1 saturated heterocycles. The molecule has 7 nitrogen and oxygen atoms in total. The van der Waals surface area contributed by atoms with Crippen molar-refractivity contribution in [2.45, 2.75) is 62.6 Å². The fourth-order valence-corrected chi connectivity index (χ4v) is 5.77. The topological polar surface area (TPSA) is 87.7 Å². The van der Waals surface area contributed by atoms with Crippen LogP contribution in [0.1, 0.15) is 50.0 Å². The summed E-state index contributed by atoms with van der Waals surface area (Å²) in [5, 5.41) is 3.48. The Balaban J connectivity index is 1.60. The zero-order valence-corrected chi connectivity index (χ0v) is 19.2. The van der Waals surface area contributed by atoms with Crippen LogP contribution in [0.25, 0.3) is 0 Å². The van der Waals surface area contributed by atoms with E-state index in [1.54, 1.807) is 11.9 Å². The quantitative estimate of drug-likeness (QED) is 0.687. The van der Waals surface area contributed by atoms with E-state index in [0.717, 1.165) is 43.4 Å². The standard InChI is InChI=1S/C21H32ClN3O4S/c1-23-21(26)25-13-5-8-19(24-30(2,27)28)20(25)14-29-16-11-9-15(10-12-16)17-6-3-4-7-18(17)22/h3-4,6-7,15-16,19-20,24H,5,8-14H2,1-2H3,(H,23,26)/t15-,16+,19-,20-/m0/s1. The molecule has 1 heterocycles. The van der Waals surface area contributed by atoms with Crippen LogP contribution in [0.15, 0.2) is 24.3 Å². The summed E-state index contributed by atoms with van der Waals surface area (Å²) in [7, 11) is -1.79. The van der Waals surface area contributed by atoms with Crippen LogP contribution in [0.5, 0.6) is 0 Å². The van der Waals surface area contributed by atoms with E-state index in [2.05, 4.69) is 16.1 Å². The Morgan fingerprint density at radius 3 is 2.53 bits per heavy atom. The Kier molecular flexibility index (Phi) is 8.01. The predicted octanol–water partition coefficient (Wildman–Crippen LogP) is 3.10. The lowest BCUT2D eigenvalue weighted by Crippen LogP contribution is -2.60. The molecule has 1 aliphatic heterocycles. The number of carbonyl (C=O) groups excluding carboxylic acids is 1. The van der Waals surface area contributed by atoms with E-state index in [1.165, 1.54) is 5.56 Å². The highest BCUT2D eigenvalue weighted by Crippen LogP contribution is 2.37. The molecule has 9 heteroatoms.